The first-order valence-corrected chi connectivity index (χ1v) is 11.0. The minimum absolute atomic E-state index is 0.157. The zero-order valence-corrected chi connectivity index (χ0v) is 19.3. The Morgan fingerprint density at radius 3 is 2.51 bits per heavy atom. The van der Waals surface area contributed by atoms with Gasteiger partial charge >= 0.3 is 5.57 Å². The van der Waals surface area contributed by atoms with E-state index in [2.05, 4.69) is 25.2 Å². The number of amides is 1. The molecule has 0 saturated carbocycles. The normalized spacial score (nSPS) is 12.8. The van der Waals surface area contributed by atoms with Gasteiger partial charge in [0.25, 0.3) is 12.3 Å². The highest BCUT2D eigenvalue weighted by molar-refractivity contribution is 6.20. The van der Waals surface area contributed by atoms with Gasteiger partial charge in [-0.15, -0.1) is 8.78 Å². The van der Waals surface area contributed by atoms with Crippen molar-refractivity contribution >= 4 is 34.2 Å². The Balaban J connectivity index is 1.75. The van der Waals surface area contributed by atoms with Gasteiger partial charge in [0, 0.05) is 40.7 Å². The predicted octanol–water partition coefficient (Wildman–Crippen LogP) is 6.76. The lowest BCUT2D eigenvalue weighted by Gasteiger charge is -2.17. The molecule has 0 radical (unpaired) electrons. The number of aromatic amines is 1. The van der Waals surface area contributed by atoms with Gasteiger partial charge in [0.05, 0.1) is 16.7 Å². The van der Waals surface area contributed by atoms with Crippen molar-refractivity contribution < 1.29 is 27.1 Å². The number of alkyl halides is 5. The second-order valence-corrected chi connectivity index (χ2v) is 8.23. The number of anilines is 1. The first-order valence-electron chi connectivity index (χ1n) is 10.6. The standard InChI is InChI=1S/C23H20ClF4N5O2/c1-3-12(2)33-19-16(17-8-9-29-32-17)10-13(11-18(19)31-21(33)20(25)26)22(34)30-14-4-6-15(7-5-14)35-23(24,27)28/h4-12,20H,3H2,1-2H3,(H,29,32)(H,30,34)/t12-/m0/s1. The molecule has 0 unspecified atom stereocenters. The average molecular weight is 510 g/mol. The average Bonchev–Trinajstić information content (AvgIpc) is 3.46. The van der Waals surface area contributed by atoms with E-state index < -0.39 is 17.9 Å². The number of halogens is 5. The zero-order valence-electron chi connectivity index (χ0n) is 18.5. The Kier molecular flexibility index (Phi) is 6.70. The van der Waals surface area contributed by atoms with Gasteiger partial charge in [0.15, 0.2) is 5.82 Å². The Bertz CT molecular complexity index is 1330. The fourth-order valence-corrected chi connectivity index (χ4v) is 3.81. The van der Waals surface area contributed by atoms with Crippen molar-refractivity contribution in [2.24, 2.45) is 0 Å². The molecule has 0 aliphatic rings. The molecule has 0 aliphatic heterocycles. The van der Waals surface area contributed by atoms with Crippen LogP contribution in [0.4, 0.5) is 23.2 Å². The maximum Gasteiger partial charge on any atom is 0.487 e. The summed E-state index contributed by atoms with van der Waals surface area (Å²) in [4.78, 5) is 17.2. The monoisotopic (exact) mass is 509 g/mol. The zero-order chi connectivity index (χ0) is 25.3. The summed E-state index contributed by atoms with van der Waals surface area (Å²) in [5.74, 6) is -1.14. The molecule has 2 aromatic carbocycles. The molecule has 2 N–H and O–H groups in total. The highest BCUT2D eigenvalue weighted by atomic mass is 35.5. The van der Waals surface area contributed by atoms with E-state index in [0.29, 0.717) is 28.9 Å². The fourth-order valence-electron chi connectivity index (χ4n) is 3.72. The van der Waals surface area contributed by atoms with E-state index in [-0.39, 0.29) is 28.7 Å². The molecule has 4 rings (SSSR count). The van der Waals surface area contributed by atoms with Crippen LogP contribution in [0, 0.1) is 0 Å². The third-order valence-corrected chi connectivity index (χ3v) is 5.52. The molecule has 4 aromatic rings. The number of carbonyl (C=O) groups is 1. The lowest BCUT2D eigenvalue weighted by atomic mass is 10.0. The molecule has 2 heterocycles. The van der Waals surface area contributed by atoms with Gasteiger partial charge in [-0.3, -0.25) is 9.89 Å². The number of ether oxygens (including phenoxy) is 1. The largest absolute Gasteiger partial charge is 0.487 e. The highest BCUT2D eigenvalue weighted by Gasteiger charge is 2.28. The van der Waals surface area contributed by atoms with Gasteiger partial charge in [0.1, 0.15) is 5.75 Å². The van der Waals surface area contributed by atoms with Gasteiger partial charge in [0.2, 0.25) is 0 Å². The lowest BCUT2D eigenvalue weighted by Crippen LogP contribution is -2.16. The number of benzene rings is 2. The van der Waals surface area contributed by atoms with Gasteiger partial charge in [-0.2, -0.15) is 5.10 Å². The van der Waals surface area contributed by atoms with Crippen LogP contribution >= 0.6 is 11.6 Å². The van der Waals surface area contributed by atoms with Crippen LogP contribution in [0.15, 0.2) is 48.7 Å². The van der Waals surface area contributed by atoms with Crippen LogP contribution in [0.5, 0.6) is 5.75 Å². The van der Waals surface area contributed by atoms with Crippen LogP contribution < -0.4 is 10.1 Å². The first-order chi connectivity index (χ1) is 16.6. The maximum absolute atomic E-state index is 13.9. The van der Waals surface area contributed by atoms with Crippen molar-refractivity contribution in [2.45, 2.75) is 38.3 Å². The molecular formula is C23H20ClF4N5O2. The number of nitrogens with one attached hydrogen (secondary N) is 2. The minimum atomic E-state index is -3.86. The second-order valence-electron chi connectivity index (χ2n) is 7.79. The SMILES string of the molecule is CC[C@H](C)n1c(C(F)F)nc2cc(C(=O)Nc3ccc(OC(F)(F)Cl)cc3)cc(-c3ccn[nH]3)c21. The Morgan fingerprint density at radius 1 is 1.23 bits per heavy atom. The highest BCUT2D eigenvalue weighted by Crippen LogP contribution is 2.36. The molecule has 184 valence electrons. The first kappa shape index (κ1) is 24.5. The number of nitrogens with zero attached hydrogens (tertiary/aromatic N) is 3. The van der Waals surface area contributed by atoms with Crippen LogP contribution in [-0.2, 0) is 0 Å². The number of hydrogen-bond donors (Lipinski definition) is 2. The summed E-state index contributed by atoms with van der Waals surface area (Å²) >= 11 is 4.75. The van der Waals surface area contributed by atoms with Gasteiger partial charge in [-0.25, -0.2) is 13.8 Å². The van der Waals surface area contributed by atoms with E-state index in [1.54, 1.807) is 12.1 Å². The number of imidazole rings is 1. The van der Waals surface area contributed by atoms with Crippen molar-refractivity contribution in [3.05, 3.63) is 60.0 Å². The van der Waals surface area contributed by atoms with Crippen LogP contribution in [0.25, 0.3) is 22.3 Å². The van der Waals surface area contributed by atoms with E-state index in [4.69, 9.17) is 11.6 Å². The quantitative estimate of drug-likeness (QED) is 0.203. The van der Waals surface area contributed by atoms with Gasteiger partial charge in [-0.1, -0.05) is 6.92 Å². The number of fused-ring (bicyclic) bond motifs is 1. The number of aromatic nitrogens is 4. The Labute approximate surface area is 202 Å². The van der Waals surface area contributed by atoms with E-state index in [9.17, 15) is 22.4 Å². The lowest BCUT2D eigenvalue weighted by molar-refractivity contribution is -0.0964. The molecule has 1 amide bonds. The fraction of sp³-hybridized carbons (Fsp3) is 0.261. The maximum atomic E-state index is 13.9. The molecule has 7 nitrogen and oxygen atoms in total. The van der Waals surface area contributed by atoms with Crippen molar-refractivity contribution in [3.8, 4) is 17.0 Å². The summed E-state index contributed by atoms with van der Waals surface area (Å²) in [5.41, 5.74) is -1.72. The minimum Gasteiger partial charge on any atom is -0.420 e. The van der Waals surface area contributed by atoms with Crippen LogP contribution in [0.2, 0.25) is 0 Å². The van der Waals surface area contributed by atoms with Crippen LogP contribution in [0.3, 0.4) is 0 Å². The van der Waals surface area contributed by atoms with Crippen molar-refractivity contribution in [1.82, 2.24) is 19.7 Å². The number of rotatable bonds is 8. The molecule has 0 bridgehead atoms. The molecule has 35 heavy (non-hydrogen) atoms. The molecule has 0 saturated heterocycles. The Hall–Kier alpha value is -3.60. The Morgan fingerprint density at radius 2 is 1.94 bits per heavy atom. The van der Waals surface area contributed by atoms with Crippen molar-refractivity contribution in [2.75, 3.05) is 5.32 Å². The summed E-state index contributed by atoms with van der Waals surface area (Å²) in [7, 11) is 0. The van der Waals surface area contributed by atoms with E-state index in [1.165, 1.54) is 41.1 Å². The van der Waals surface area contributed by atoms with Gasteiger partial charge in [-0.05, 0) is 55.8 Å². The summed E-state index contributed by atoms with van der Waals surface area (Å²) < 4.78 is 59.1. The number of carbonyl (C=O) groups excluding carboxylic acids is 1. The van der Waals surface area contributed by atoms with Crippen molar-refractivity contribution in [3.63, 3.8) is 0 Å². The van der Waals surface area contributed by atoms with Crippen LogP contribution in [-0.4, -0.2) is 31.2 Å². The van der Waals surface area contributed by atoms with E-state index >= 15 is 0 Å². The summed E-state index contributed by atoms with van der Waals surface area (Å²) in [6, 6.07) is 9.53. The number of hydrogen-bond acceptors (Lipinski definition) is 4. The molecule has 0 aliphatic carbocycles. The van der Waals surface area contributed by atoms with Crippen molar-refractivity contribution in [1.29, 1.82) is 0 Å². The molecule has 0 fully saturated rings. The van der Waals surface area contributed by atoms with Crippen LogP contribution in [0.1, 0.15) is 48.9 Å². The topological polar surface area (TPSA) is 84.8 Å². The molecule has 2 aromatic heterocycles. The van der Waals surface area contributed by atoms with E-state index in [1.807, 2.05) is 13.8 Å². The molecule has 0 spiro atoms. The smallest absolute Gasteiger partial charge is 0.420 e. The predicted molar refractivity (Wildman–Crippen MR) is 123 cm³/mol. The van der Waals surface area contributed by atoms with Gasteiger partial charge < -0.3 is 14.6 Å². The summed E-state index contributed by atoms with van der Waals surface area (Å²) in [6.45, 7) is 3.70. The summed E-state index contributed by atoms with van der Waals surface area (Å²) in [6.07, 6.45) is -0.713. The third kappa shape index (κ3) is 5.24. The molecule has 12 heteroatoms. The second kappa shape index (κ2) is 9.57. The summed E-state index contributed by atoms with van der Waals surface area (Å²) in [5, 5.41) is 9.39. The third-order valence-electron chi connectivity index (χ3n) is 5.44. The molecular weight excluding hydrogens is 490 g/mol. The van der Waals surface area contributed by atoms with E-state index in [0.717, 1.165) is 0 Å². The molecule has 1 atom stereocenters. The number of H-pyrrole nitrogens is 1.